The molecule has 0 fully saturated rings. The van der Waals surface area contributed by atoms with E-state index in [-0.39, 0.29) is 0 Å². The summed E-state index contributed by atoms with van der Waals surface area (Å²) in [6.45, 7) is 2.89. The first-order chi connectivity index (χ1) is 8.92. The van der Waals surface area contributed by atoms with Crippen molar-refractivity contribution >= 4 is 0 Å². The molecule has 1 aromatic carbocycles. The lowest BCUT2D eigenvalue weighted by Gasteiger charge is -2.25. The highest BCUT2D eigenvalue weighted by Crippen LogP contribution is 2.34. The lowest BCUT2D eigenvalue weighted by molar-refractivity contribution is 0.199. The van der Waals surface area contributed by atoms with Crippen molar-refractivity contribution in [2.24, 2.45) is 0 Å². The Morgan fingerprint density at radius 2 is 2.17 bits per heavy atom. The van der Waals surface area contributed by atoms with E-state index in [1.54, 1.807) is 18.2 Å². The monoisotopic (exact) mass is 247 g/mol. The summed E-state index contributed by atoms with van der Waals surface area (Å²) in [5, 5.41) is 3.42. The Hall–Kier alpha value is -0.860. The van der Waals surface area contributed by atoms with Crippen LogP contribution in [0.15, 0.2) is 24.3 Å². The van der Waals surface area contributed by atoms with Crippen molar-refractivity contribution in [3.8, 4) is 0 Å². The Bertz CT molecular complexity index is 351. The van der Waals surface area contributed by atoms with Crippen molar-refractivity contribution in [2.75, 3.05) is 26.8 Å². The number of nitrogens with one attached hydrogen (secondary N) is 1. The number of hydrogen-bond acceptors (Lipinski definition) is 2. The van der Waals surface area contributed by atoms with E-state index in [2.05, 4.69) is 29.6 Å². The van der Waals surface area contributed by atoms with Crippen molar-refractivity contribution in [1.82, 2.24) is 5.32 Å². The van der Waals surface area contributed by atoms with Gasteiger partial charge in [0.1, 0.15) is 0 Å². The van der Waals surface area contributed by atoms with Crippen LogP contribution >= 0.6 is 0 Å². The van der Waals surface area contributed by atoms with Crippen LogP contribution < -0.4 is 5.32 Å². The normalized spacial score (nSPS) is 18.6. The number of aryl methyl sites for hydroxylation is 1. The van der Waals surface area contributed by atoms with Crippen molar-refractivity contribution < 1.29 is 4.74 Å². The molecule has 1 aliphatic carbocycles. The molecule has 18 heavy (non-hydrogen) atoms. The van der Waals surface area contributed by atoms with E-state index in [0.717, 1.165) is 25.6 Å². The molecule has 1 N–H and O–H groups in total. The van der Waals surface area contributed by atoms with E-state index in [0.29, 0.717) is 0 Å². The van der Waals surface area contributed by atoms with Crippen LogP contribution in [0.3, 0.4) is 0 Å². The van der Waals surface area contributed by atoms with E-state index in [1.165, 1.54) is 32.1 Å². The molecule has 2 nitrogen and oxygen atoms in total. The second-order valence-corrected chi connectivity index (χ2v) is 5.17. The van der Waals surface area contributed by atoms with E-state index in [4.69, 9.17) is 4.74 Å². The maximum atomic E-state index is 5.02. The third kappa shape index (κ3) is 3.82. The smallest absolute Gasteiger partial charge is 0.0587 e. The number of ether oxygens (including phenoxy) is 1. The third-order valence-electron chi connectivity index (χ3n) is 3.88. The largest absolute Gasteiger partial charge is 0.383 e. The van der Waals surface area contributed by atoms with Gasteiger partial charge in [-0.3, -0.25) is 0 Å². The Morgan fingerprint density at radius 1 is 1.28 bits per heavy atom. The molecule has 2 heteroatoms. The van der Waals surface area contributed by atoms with Gasteiger partial charge in [-0.15, -0.1) is 0 Å². The first-order valence-electron chi connectivity index (χ1n) is 7.19. The zero-order chi connectivity index (χ0) is 12.6. The van der Waals surface area contributed by atoms with Crippen LogP contribution in [0.1, 0.15) is 42.7 Å². The fraction of sp³-hybridized carbons (Fsp3) is 0.625. The lowest BCUT2D eigenvalue weighted by atomic mass is 9.80. The molecule has 0 saturated heterocycles. The van der Waals surface area contributed by atoms with Gasteiger partial charge in [-0.2, -0.15) is 0 Å². The third-order valence-corrected chi connectivity index (χ3v) is 3.88. The summed E-state index contributed by atoms with van der Waals surface area (Å²) >= 11 is 0. The van der Waals surface area contributed by atoms with Crippen LogP contribution in [0, 0.1) is 0 Å². The summed E-state index contributed by atoms with van der Waals surface area (Å²) in [7, 11) is 1.75. The predicted octanol–water partition coefficient (Wildman–Crippen LogP) is 3.12. The quantitative estimate of drug-likeness (QED) is 0.747. The topological polar surface area (TPSA) is 21.3 Å². The van der Waals surface area contributed by atoms with Crippen molar-refractivity contribution in [3.63, 3.8) is 0 Å². The van der Waals surface area contributed by atoms with Gasteiger partial charge in [-0.1, -0.05) is 24.3 Å². The number of hydrogen-bond donors (Lipinski definition) is 1. The maximum Gasteiger partial charge on any atom is 0.0587 e. The Morgan fingerprint density at radius 3 is 3.06 bits per heavy atom. The Balaban J connectivity index is 1.74. The zero-order valence-electron chi connectivity index (χ0n) is 11.5. The van der Waals surface area contributed by atoms with Crippen molar-refractivity contribution in [1.29, 1.82) is 0 Å². The molecule has 100 valence electrons. The summed E-state index contributed by atoms with van der Waals surface area (Å²) in [5.74, 6) is 0.791. The molecule has 0 saturated carbocycles. The van der Waals surface area contributed by atoms with E-state index >= 15 is 0 Å². The SMILES string of the molecule is COCCNCCCC1CCCc2ccccc21. The minimum absolute atomic E-state index is 0.791. The predicted molar refractivity (Wildman–Crippen MR) is 76.1 cm³/mol. The van der Waals surface area contributed by atoms with E-state index in [9.17, 15) is 0 Å². The fourth-order valence-corrected chi connectivity index (χ4v) is 2.93. The highest BCUT2D eigenvalue weighted by Gasteiger charge is 2.18. The Labute approximate surface area is 111 Å². The molecular weight excluding hydrogens is 222 g/mol. The standard InChI is InChI=1S/C16H25NO/c1-18-13-12-17-11-5-9-15-8-4-7-14-6-2-3-10-16(14)15/h2-3,6,10,15,17H,4-5,7-9,11-13H2,1H3. The highest BCUT2D eigenvalue weighted by atomic mass is 16.5. The summed E-state index contributed by atoms with van der Waals surface area (Å²) in [6.07, 6.45) is 6.59. The van der Waals surface area contributed by atoms with Crippen molar-refractivity contribution in [3.05, 3.63) is 35.4 Å². The molecule has 1 atom stereocenters. The molecule has 0 heterocycles. The minimum atomic E-state index is 0.791. The maximum absolute atomic E-state index is 5.02. The van der Waals surface area contributed by atoms with E-state index in [1.807, 2.05) is 0 Å². The van der Waals surface area contributed by atoms with Crippen LogP contribution in [0.2, 0.25) is 0 Å². The average molecular weight is 247 g/mol. The molecule has 1 unspecified atom stereocenters. The first-order valence-corrected chi connectivity index (χ1v) is 7.19. The summed E-state index contributed by atoms with van der Waals surface area (Å²) in [4.78, 5) is 0. The highest BCUT2D eigenvalue weighted by molar-refractivity contribution is 5.32. The summed E-state index contributed by atoms with van der Waals surface area (Å²) in [6, 6.07) is 9.00. The second-order valence-electron chi connectivity index (χ2n) is 5.17. The van der Waals surface area contributed by atoms with Gasteiger partial charge in [0.15, 0.2) is 0 Å². The number of rotatable bonds is 7. The number of methoxy groups -OCH3 is 1. The Kier molecular flexibility index (Phi) is 5.69. The summed E-state index contributed by atoms with van der Waals surface area (Å²) in [5.41, 5.74) is 3.20. The van der Waals surface area contributed by atoms with Crippen LogP contribution in [0.25, 0.3) is 0 Å². The number of fused-ring (bicyclic) bond motifs is 1. The zero-order valence-corrected chi connectivity index (χ0v) is 11.5. The molecule has 1 aliphatic rings. The van der Waals surface area contributed by atoms with Crippen LogP contribution in [0.4, 0.5) is 0 Å². The summed E-state index contributed by atoms with van der Waals surface area (Å²) < 4.78 is 5.02. The van der Waals surface area contributed by atoms with Gasteiger partial charge in [-0.05, 0) is 55.7 Å². The van der Waals surface area contributed by atoms with Gasteiger partial charge in [-0.25, -0.2) is 0 Å². The molecule has 1 aromatic rings. The van der Waals surface area contributed by atoms with Gasteiger partial charge < -0.3 is 10.1 Å². The van der Waals surface area contributed by atoms with Crippen LogP contribution in [0.5, 0.6) is 0 Å². The second kappa shape index (κ2) is 7.55. The molecular formula is C16H25NO. The molecule has 0 amide bonds. The van der Waals surface area contributed by atoms with Gasteiger partial charge in [0.25, 0.3) is 0 Å². The first kappa shape index (κ1) is 13.6. The average Bonchev–Trinajstić information content (AvgIpc) is 2.43. The molecule has 0 bridgehead atoms. The van der Waals surface area contributed by atoms with Crippen molar-refractivity contribution in [2.45, 2.75) is 38.0 Å². The van der Waals surface area contributed by atoms with Gasteiger partial charge in [0.05, 0.1) is 6.61 Å². The van der Waals surface area contributed by atoms with Gasteiger partial charge in [0, 0.05) is 13.7 Å². The van der Waals surface area contributed by atoms with Crippen LogP contribution in [-0.2, 0) is 11.2 Å². The molecule has 0 radical (unpaired) electrons. The number of benzene rings is 1. The fourth-order valence-electron chi connectivity index (χ4n) is 2.93. The van der Waals surface area contributed by atoms with Gasteiger partial charge >= 0.3 is 0 Å². The lowest BCUT2D eigenvalue weighted by Crippen LogP contribution is -2.21. The van der Waals surface area contributed by atoms with Crippen LogP contribution in [-0.4, -0.2) is 26.8 Å². The van der Waals surface area contributed by atoms with Gasteiger partial charge in [0.2, 0.25) is 0 Å². The minimum Gasteiger partial charge on any atom is -0.383 e. The molecule has 2 rings (SSSR count). The van der Waals surface area contributed by atoms with E-state index < -0.39 is 0 Å². The molecule has 0 spiro atoms. The molecule has 0 aliphatic heterocycles. The molecule has 0 aromatic heterocycles.